The maximum atomic E-state index is 12.0. The molecule has 1 aliphatic rings. The molecule has 3 aromatic heterocycles. The molecule has 0 radical (unpaired) electrons. The van der Waals surface area contributed by atoms with Gasteiger partial charge in [0, 0.05) is 44.6 Å². The first-order chi connectivity index (χ1) is 16.9. The molecule has 4 heterocycles. The second kappa shape index (κ2) is 9.65. The largest absolute Gasteiger partial charge is 0.487 e. The molecule has 1 saturated heterocycles. The summed E-state index contributed by atoms with van der Waals surface area (Å²) >= 11 is 1.58. The van der Waals surface area contributed by atoms with Gasteiger partial charge in [-0.15, -0.1) is 5.10 Å². The lowest BCUT2D eigenvalue weighted by atomic mass is 9.97. The number of hydrogen-bond acceptors (Lipinski definition) is 9. The Bertz CT molecular complexity index is 1270. The van der Waals surface area contributed by atoms with E-state index < -0.39 is 0 Å². The summed E-state index contributed by atoms with van der Waals surface area (Å²) in [4.78, 5) is 25.9. The number of carbonyl (C=O) groups is 1. The molecule has 1 fully saturated rings. The van der Waals surface area contributed by atoms with E-state index in [-0.39, 0.29) is 11.8 Å². The fourth-order valence-corrected chi connectivity index (χ4v) is 4.96. The summed E-state index contributed by atoms with van der Waals surface area (Å²) in [6, 6.07) is 7.13. The van der Waals surface area contributed by atoms with E-state index in [2.05, 4.69) is 33.9 Å². The van der Waals surface area contributed by atoms with Crippen molar-refractivity contribution in [2.45, 2.75) is 45.1 Å². The standard InChI is InChI=1S/C24H29N7O3S/c1-15(2)20-26-21(34-28-20)16-9-11-30(12-10-16)24-27-31-13-18(25-23(31)35-24)14-33-19-7-5-17(6-8-19)22(32)29(3)4/h5-8,13,15-16H,9-12,14H2,1-4H3. The molecular formula is C24H29N7O3S. The van der Waals surface area contributed by atoms with Crippen LogP contribution in [0.2, 0.25) is 0 Å². The average molecular weight is 496 g/mol. The summed E-state index contributed by atoms with van der Waals surface area (Å²) in [5.41, 5.74) is 1.43. The van der Waals surface area contributed by atoms with Gasteiger partial charge in [-0.1, -0.05) is 30.3 Å². The second-order valence-corrected chi connectivity index (χ2v) is 10.2. The molecule has 0 atom stereocenters. The van der Waals surface area contributed by atoms with Crippen molar-refractivity contribution in [1.82, 2.24) is 29.6 Å². The lowest BCUT2D eigenvalue weighted by molar-refractivity contribution is 0.0827. The Labute approximate surface area is 207 Å². The van der Waals surface area contributed by atoms with E-state index in [1.165, 1.54) is 0 Å². The summed E-state index contributed by atoms with van der Waals surface area (Å²) in [5.74, 6) is 2.76. The molecule has 35 heavy (non-hydrogen) atoms. The third-order valence-electron chi connectivity index (χ3n) is 6.07. The Morgan fingerprint density at radius 1 is 1.20 bits per heavy atom. The Kier molecular flexibility index (Phi) is 6.42. The molecule has 0 spiro atoms. The van der Waals surface area contributed by atoms with Crippen LogP contribution in [0.15, 0.2) is 35.0 Å². The van der Waals surface area contributed by atoms with Gasteiger partial charge in [0.1, 0.15) is 12.4 Å². The van der Waals surface area contributed by atoms with E-state index in [0.29, 0.717) is 23.8 Å². The number of carbonyl (C=O) groups excluding carboxylic acids is 1. The predicted octanol–water partition coefficient (Wildman–Crippen LogP) is 3.96. The lowest BCUT2D eigenvalue weighted by Crippen LogP contribution is -2.33. The van der Waals surface area contributed by atoms with Crippen molar-refractivity contribution in [3.05, 3.63) is 53.4 Å². The molecule has 4 aromatic rings. The Morgan fingerprint density at radius 2 is 1.94 bits per heavy atom. The number of anilines is 1. The first-order valence-electron chi connectivity index (χ1n) is 11.8. The smallest absolute Gasteiger partial charge is 0.253 e. The third-order valence-corrected chi connectivity index (χ3v) is 7.05. The number of benzene rings is 1. The number of rotatable bonds is 7. The number of hydrogen-bond donors (Lipinski definition) is 0. The molecule has 0 unspecified atom stereocenters. The van der Waals surface area contributed by atoms with E-state index in [4.69, 9.17) is 14.4 Å². The molecule has 0 bridgehead atoms. The maximum absolute atomic E-state index is 12.0. The number of imidazole rings is 1. The molecule has 11 heteroatoms. The SMILES string of the molecule is CC(C)c1noc(C2CCN(c3nn4cc(COc5ccc(C(=O)N(C)C)cc5)nc4s3)CC2)n1. The fraction of sp³-hybridized carbons (Fsp3) is 0.458. The third kappa shape index (κ3) is 5.00. The van der Waals surface area contributed by atoms with Crippen molar-refractivity contribution in [3.63, 3.8) is 0 Å². The summed E-state index contributed by atoms with van der Waals surface area (Å²) in [6.45, 7) is 6.26. The van der Waals surface area contributed by atoms with Crippen molar-refractivity contribution in [2.24, 2.45) is 0 Å². The molecule has 0 saturated carbocycles. The van der Waals surface area contributed by atoms with E-state index in [9.17, 15) is 4.79 Å². The fourth-order valence-electron chi connectivity index (χ4n) is 4.01. The van der Waals surface area contributed by atoms with Gasteiger partial charge in [-0.3, -0.25) is 4.79 Å². The van der Waals surface area contributed by atoms with Crippen LogP contribution in [0.4, 0.5) is 5.13 Å². The van der Waals surface area contributed by atoms with Crippen LogP contribution < -0.4 is 9.64 Å². The van der Waals surface area contributed by atoms with Gasteiger partial charge in [0.15, 0.2) is 5.82 Å². The van der Waals surface area contributed by atoms with Gasteiger partial charge in [0.2, 0.25) is 16.0 Å². The first-order valence-corrected chi connectivity index (χ1v) is 12.6. The topological polar surface area (TPSA) is 102 Å². The van der Waals surface area contributed by atoms with Crippen molar-refractivity contribution in [2.75, 3.05) is 32.1 Å². The minimum Gasteiger partial charge on any atom is -0.487 e. The minimum atomic E-state index is -0.0353. The van der Waals surface area contributed by atoms with Crippen molar-refractivity contribution < 1.29 is 14.1 Å². The van der Waals surface area contributed by atoms with E-state index >= 15 is 0 Å². The molecule has 10 nitrogen and oxygen atoms in total. The number of amides is 1. The zero-order valence-electron chi connectivity index (χ0n) is 20.3. The molecule has 1 aliphatic heterocycles. The van der Waals surface area contributed by atoms with Gasteiger partial charge in [-0.05, 0) is 37.1 Å². The van der Waals surface area contributed by atoms with Gasteiger partial charge in [0.25, 0.3) is 5.91 Å². The zero-order valence-corrected chi connectivity index (χ0v) is 21.2. The second-order valence-electron chi connectivity index (χ2n) is 9.26. The van der Waals surface area contributed by atoms with E-state index in [0.717, 1.165) is 53.4 Å². The monoisotopic (exact) mass is 495 g/mol. The van der Waals surface area contributed by atoms with Crippen molar-refractivity contribution in [3.8, 4) is 5.75 Å². The summed E-state index contributed by atoms with van der Waals surface area (Å²) in [5, 5.41) is 9.80. The van der Waals surface area contributed by atoms with Crippen LogP contribution in [0.5, 0.6) is 5.75 Å². The normalized spacial score (nSPS) is 14.7. The van der Waals surface area contributed by atoms with Crippen LogP contribution in [0, 0.1) is 0 Å². The quantitative estimate of drug-likeness (QED) is 0.380. The number of ether oxygens (including phenoxy) is 1. The summed E-state index contributed by atoms with van der Waals surface area (Å²) in [6.07, 6.45) is 3.82. The zero-order chi connectivity index (χ0) is 24.5. The number of piperidine rings is 1. The molecule has 1 amide bonds. The maximum Gasteiger partial charge on any atom is 0.253 e. The minimum absolute atomic E-state index is 0.0353. The van der Waals surface area contributed by atoms with E-state index in [1.54, 1.807) is 54.6 Å². The lowest BCUT2D eigenvalue weighted by Gasteiger charge is -2.29. The highest BCUT2D eigenvalue weighted by molar-refractivity contribution is 7.20. The number of fused-ring (bicyclic) bond motifs is 1. The van der Waals surface area contributed by atoms with Gasteiger partial charge in [0.05, 0.1) is 11.9 Å². The Hall–Kier alpha value is -3.47. The van der Waals surface area contributed by atoms with Gasteiger partial charge in [-0.25, -0.2) is 9.50 Å². The summed E-state index contributed by atoms with van der Waals surface area (Å²) in [7, 11) is 3.47. The highest BCUT2D eigenvalue weighted by atomic mass is 32.1. The molecule has 5 rings (SSSR count). The van der Waals surface area contributed by atoms with Crippen LogP contribution in [-0.2, 0) is 6.61 Å². The van der Waals surface area contributed by atoms with Crippen molar-refractivity contribution in [1.29, 1.82) is 0 Å². The highest BCUT2D eigenvalue weighted by Crippen LogP contribution is 2.32. The number of aromatic nitrogens is 5. The Balaban J connectivity index is 1.16. The summed E-state index contributed by atoms with van der Waals surface area (Å²) < 4.78 is 13.2. The predicted molar refractivity (Wildman–Crippen MR) is 132 cm³/mol. The van der Waals surface area contributed by atoms with E-state index in [1.807, 2.05) is 10.7 Å². The number of nitrogens with zero attached hydrogens (tertiary/aromatic N) is 7. The molecule has 184 valence electrons. The van der Waals surface area contributed by atoms with Crippen molar-refractivity contribution >= 4 is 27.3 Å². The van der Waals surface area contributed by atoms with Crippen LogP contribution in [-0.4, -0.2) is 62.7 Å². The van der Waals surface area contributed by atoms with Gasteiger partial charge < -0.3 is 19.1 Å². The molecule has 1 aromatic carbocycles. The van der Waals surface area contributed by atoms with Gasteiger partial charge >= 0.3 is 0 Å². The van der Waals surface area contributed by atoms with Crippen LogP contribution in [0.3, 0.4) is 0 Å². The Morgan fingerprint density at radius 3 is 2.57 bits per heavy atom. The van der Waals surface area contributed by atoms with Crippen LogP contribution in [0.1, 0.15) is 66.3 Å². The molecule has 0 N–H and O–H groups in total. The average Bonchev–Trinajstić information content (AvgIpc) is 3.58. The van der Waals surface area contributed by atoms with Crippen LogP contribution >= 0.6 is 11.3 Å². The van der Waals surface area contributed by atoms with Crippen LogP contribution in [0.25, 0.3) is 4.96 Å². The highest BCUT2D eigenvalue weighted by Gasteiger charge is 2.27. The van der Waals surface area contributed by atoms with Gasteiger partial charge in [-0.2, -0.15) is 4.98 Å². The molecular weight excluding hydrogens is 466 g/mol. The molecule has 0 aliphatic carbocycles. The first kappa shape index (κ1) is 23.3.